The van der Waals surface area contributed by atoms with E-state index in [0.29, 0.717) is 5.75 Å². The largest absolute Gasteiger partial charge is 0.341 e. The molecule has 0 N–H and O–H groups in total. The first kappa shape index (κ1) is 15.3. The van der Waals surface area contributed by atoms with Crippen molar-refractivity contribution in [3.05, 3.63) is 10.3 Å². The van der Waals surface area contributed by atoms with Gasteiger partial charge in [-0.15, -0.1) is 11.8 Å². The fourth-order valence-electron chi connectivity index (χ4n) is 0.526. The standard InChI is InChI=1S/C7H6BrF5S2/c1-2-15-5(14)3(9)4(8)7(12,13)6(10)11/h6H,2H2,1H3/b4-3+. The summed E-state index contributed by atoms with van der Waals surface area (Å²) in [6, 6.07) is 0. The predicted molar refractivity (Wildman–Crippen MR) is 58.7 cm³/mol. The molecule has 0 aliphatic heterocycles. The highest BCUT2D eigenvalue weighted by Crippen LogP contribution is 2.38. The summed E-state index contributed by atoms with van der Waals surface area (Å²) in [6.07, 6.45) is -3.98. The number of alkyl halides is 4. The SMILES string of the molecule is CCSC(=S)/C(F)=C(\Br)C(F)(F)C(F)F. The van der Waals surface area contributed by atoms with Gasteiger partial charge in [-0.25, -0.2) is 13.2 Å². The summed E-state index contributed by atoms with van der Waals surface area (Å²) in [6.45, 7) is 1.63. The molecule has 0 radical (unpaired) electrons. The van der Waals surface area contributed by atoms with Crippen molar-refractivity contribution >= 4 is 44.1 Å². The lowest BCUT2D eigenvalue weighted by molar-refractivity contribution is -0.0938. The molecule has 15 heavy (non-hydrogen) atoms. The monoisotopic (exact) mass is 328 g/mol. The first-order chi connectivity index (χ1) is 6.75. The maximum atomic E-state index is 13.1. The number of thiocarbonyl (C=S) groups is 1. The molecule has 0 rings (SSSR count). The van der Waals surface area contributed by atoms with Gasteiger partial charge in [0.2, 0.25) is 0 Å². The Morgan fingerprint density at radius 2 is 1.93 bits per heavy atom. The minimum atomic E-state index is -4.55. The van der Waals surface area contributed by atoms with Gasteiger partial charge in [0.05, 0.1) is 0 Å². The second-order valence-corrected chi connectivity index (χ2v) is 5.01. The summed E-state index contributed by atoms with van der Waals surface area (Å²) >= 11 is 7.33. The van der Waals surface area contributed by atoms with Gasteiger partial charge in [-0.2, -0.15) is 8.78 Å². The Bertz CT molecular complexity index is 277. The Morgan fingerprint density at radius 3 is 2.27 bits per heavy atom. The third-order valence-electron chi connectivity index (χ3n) is 1.21. The van der Waals surface area contributed by atoms with Gasteiger partial charge in [-0.3, -0.25) is 0 Å². The fourth-order valence-corrected chi connectivity index (χ4v) is 2.11. The number of thioether (sulfide) groups is 1. The van der Waals surface area contributed by atoms with Crippen molar-refractivity contribution in [1.29, 1.82) is 0 Å². The quantitative estimate of drug-likeness (QED) is 0.422. The Morgan fingerprint density at radius 1 is 1.47 bits per heavy atom. The second-order valence-electron chi connectivity index (χ2n) is 2.27. The molecule has 0 amide bonds. The summed E-state index contributed by atoms with van der Waals surface area (Å²) in [4.78, 5) is 0. The molecule has 0 fully saturated rings. The molecule has 0 aliphatic rings. The lowest BCUT2D eigenvalue weighted by atomic mass is 10.3. The van der Waals surface area contributed by atoms with Crippen molar-refractivity contribution in [2.24, 2.45) is 0 Å². The van der Waals surface area contributed by atoms with Crippen molar-refractivity contribution in [1.82, 2.24) is 0 Å². The third-order valence-corrected chi connectivity index (χ3v) is 3.35. The van der Waals surface area contributed by atoms with Gasteiger partial charge in [0.15, 0.2) is 5.83 Å². The normalized spacial score (nSPS) is 14.1. The van der Waals surface area contributed by atoms with E-state index in [4.69, 9.17) is 0 Å². The summed E-state index contributed by atoms with van der Waals surface area (Å²) in [5.74, 6) is -5.70. The van der Waals surface area contributed by atoms with Crippen LogP contribution in [0.1, 0.15) is 6.92 Å². The van der Waals surface area contributed by atoms with Gasteiger partial charge in [0.25, 0.3) is 0 Å². The molecule has 0 aliphatic carbocycles. The number of rotatable bonds is 4. The van der Waals surface area contributed by atoms with Crippen molar-refractivity contribution in [2.45, 2.75) is 19.3 Å². The van der Waals surface area contributed by atoms with Gasteiger partial charge in [0.1, 0.15) is 8.68 Å². The van der Waals surface area contributed by atoms with E-state index in [2.05, 4.69) is 28.1 Å². The molecule has 0 aromatic carbocycles. The third kappa shape index (κ3) is 3.99. The van der Waals surface area contributed by atoms with E-state index in [-0.39, 0.29) is 0 Å². The van der Waals surface area contributed by atoms with Crippen LogP contribution in [0, 0.1) is 0 Å². The van der Waals surface area contributed by atoms with E-state index >= 15 is 0 Å². The van der Waals surface area contributed by atoms with Crippen LogP contribution in [-0.2, 0) is 0 Å². The van der Waals surface area contributed by atoms with Crippen LogP contribution >= 0.6 is 39.9 Å². The van der Waals surface area contributed by atoms with Crippen LogP contribution in [0.5, 0.6) is 0 Å². The zero-order valence-electron chi connectivity index (χ0n) is 7.37. The first-order valence-corrected chi connectivity index (χ1v) is 5.82. The van der Waals surface area contributed by atoms with Crippen LogP contribution in [0.25, 0.3) is 0 Å². The molecular weight excluding hydrogens is 323 g/mol. The molecule has 0 atom stereocenters. The number of hydrogen-bond acceptors (Lipinski definition) is 2. The Hall–Kier alpha value is 0.310. The van der Waals surface area contributed by atoms with E-state index in [9.17, 15) is 22.0 Å². The maximum absolute atomic E-state index is 13.1. The molecule has 0 bridgehead atoms. The minimum Gasteiger partial charge on any atom is -0.204 e. The second kappa shape index (κ2) is 6.15. The van der Waals surface area contributed by atoms with Gasteiger partial charge in [-0.1, -0.05) is 19.1 Å². The molecular formula is C7H6BrF5S2. The average Bonchev–Trinajstić information content (AvgIpc) is 2.15. The highest BCUT2D eigenvalue weighted by Gasteiger charge is 2.46. The molecule has 0 saturated carbocycles. The minimum absolute atomic E-state index is 0.368. The van der Waals surface area contributed by atoms with Gasteiger partial charge < -0.3 is 0 Å². The Balaban J connectivity index is 5.01. The van der Waals surface area contributed by atoms with E-state index < -0.39 is 26.9 Å². The number of allylic oxidation sites excluding steroid dienone is 1. The summed E-state index contributed by atoms with van der Waals surface area (Å²) in [5.41, 5.74) is 0. The first-order valence-electron chi connectivity index (χ1n) is 3.64. The molecule has 8 heteroatoms. The molecule has 0 heterocycles. The summed E-state index contributed by atoms with van der Waals surface area (Å²) in [7, 11) is 0. The molecule has 0 unspecified atom stereocenters. The Labute approximate surface area is 101 Å². The topological polar surface area (TPSA) is 0 Å². The van der Waals surface area contributed by atoms with Crippen LogP contribution in [0.3, 0.4) is 0 Å². The van der Waals surface area contributed by atoms with E-state index in [1.54, 1.807) is 6.92 Å². The van der Waals surface area contributed by atoms with Crippen molar-refractivity contribution in [3.63, 3.8) is 0 Å². The van der Waals surface area contributed by atoms with Crippen molar-refractivity contribution in [2.75, 3.05) is 5.75 Å². The van der Waals surface area contributed by atoms with Crippen LogP contribution in [-0.4, -0.2) is 22.3 Å². The zero-order chi connectivity index (χ0) is 12.2. The lowest BCUT2D eigenvalue weighted by Gasteiger charge is -2.15. The maximum Gasteiger partial charge on any atom is 0.341 e. The summed E-state index contributed by atoms with van der Waals surface area (Å²) in [5, 5.41) is 0. The van der Waals surface area contributed by atoms with Crippen LogP contribution in [0.15, 0.2) is 10.3 Å². The van der Waals surface area contributed by atoms with Crippen LogP contribution < -0.4 is 0 Å². The van der Waals surface area contributed by atoms with Gasteiger partial charge >= 0.3 is 12.3 Å². The molecule has 88 valence electrons. The fraction of sp³-hybridized carbons (Fsp3) is 0.571. The molecule has 0 spiro atoms. The average molecular weight is 329 g/mol. The van der Waals surface area contributed by atoms with E-state index in [0.717, 1.165) is 11.8 Å². The summed E-state index contributed by atoms with van der Waals surface area (Å²) < 4.78 is 60.1. The van der Waals surface area contributed by atoms with Gasteiger partial charge in [0, 0.05) is 0 Å². The van der Waals surface area contributed by atoms with Crippen LogP contribution in [0.4, 0.5) is 22.0 Å². The highest BCUT2D eigenvalue weighted by atomic mass is 79.9. The Kier molecular flexibility index (Phi) is 6.27. The molecule has 0 aromatic heterocycles. The molecule has 0 nitrogen and oxygen atoms in total. The molecule has 0 aromatic rings. The zero-order valence-corrected chi connectivity index (χ0v) is 10.6. The number of halogens is 6. The number of hydrogen-bond donors (Lipinski definition) is 0. The van der Waals surface area contributed by atoms with Gasteiger partial charge in [-0.05, 0) is 21.7 Å². The van der Waals surface area contributed by atoms with Crippen molar-refractivity contribution < 1.29 is 22.0 Å². The van der Waals surface area contributed by atoms with Crippen LogP contribution in [0.2, 0.25) is 0 Å². The molecule has 0 saturated heterocycles. The predicted octanol–water partition coefficient (Wildman–Crippen LogP) is 4.54. The highest BCUT2D eigenvalue weighted by molar-refractivity contribution is 9.11. The van der Waals surface area contributed by atoms with Crippen molar-refractivity contribution in [3.8, 4) is 0 Å². The lowest BCUT2D eigenvalue weighted by Crippen LogP contribution is -2.27. The smallest absolute Gasteiger partial charge is 0.204 e. The van der Waals surface area contributed by atoms with E-state index in [1.165, 1.54) is 0 Å². The van der Waals surface area contributed by atoms with E-state index in [1.807, 2.05) is 0 Å².